The smallest absolute Gasteiger partial charge is 0.241 e. The molecule has 0 fully saturated rings. The Hall–Kier alpha value is -3.82. The number of carbonyl (C=O) groups is 1. The highest BCUT2D eigenvalue weighted by Crippen LogP contribution is 2.35. The molecule has 0 unspecified atom stereocenters. The zero-order valence-corrected chi connectivity index (χ0v) is 24.4. The molecule has 41 heavy (non-hydrogen) atoms. The van der Waals surface area contributed by atoms with Crippen molar-refractivity contribution in [3.63, 3.8) is 0 Å². The molecule has 7 nitrogen and oxygen atoms in total. The van der Waals surface area contributed by atoms with Gasteiger partial charge in [-0.3, -0.25) is 4.79 Å². The van der Waals surface area contributed by atoms with Gasteiger partial charge in [0.15, 0.2) is 0 Å². The number of nitrogens with one attached hydrogen (secondary N) is 1. The van der Waals surface area contributed by atoms with Crippen LogP contribution in [0.3, 0.4) is 0 Å². The molecule has 4 aromatic rings. The zero-order valence-electron chi connectivity index (χ0n) is 23.5. The number of benzene rings is 3. The van der Waals surface area contributed by atoms with Crippen molar-refractivity contribution < 1.29 is 17.6 Å². The van der Waals surface area contributed by atoms with E-state index in [0.29, 0.717) is 12.1 Å². The standard InChI is InChI=1S/C32H35FN4O3S/c1-22-7-15-28(16-8-22)41(39,40)35-30-6-4-5-25-11-14-27(20-29(25)30)37(21-31-34-17-18-36(31)3)32(38)19-23(2)24-9-12-26(33)13-10-24/h7-18,20,23,30,35H,4-6,19,21H2,1-3H3/t23-,30+/m0/s1. The highest BCUT2D eigenvalue weighted by Gasteiger charge is 2.28. The number of carbonyl (C=O) groups excluding carboxylic acids is 1. The average Bonchev–Trinajstić information content (AvgIpc) is 3.36. The van der Waals surface area contributed by atoms with Gasteiger partial charge in [-0.25, -0.2) is 22.5 Å². The number of aromatic nitrogens is 2. The molecule has 214 valence electrons. The Morgan fingerprint density at radius 3 is 2.54 bits per heavy atom. The number of sulfonamides is 1. The number of aryl methyl sites for hydroxylation is 3. The molecular weight excluding hydrogens is 539 g/mol. The van der Waals surface area contributed by atoms with Crippen LogP contribution in [-0.2, 0) is 34.8 Å². The van der Waals surface area contributed by atoms with Gasteiger partial charge in [0.25, 0.3) is 0 Å². The Kier molecular flexibility index (Phi) is 8.37. The molecule has 1 heterocycles. The monoisotopic (exact) mass is 574 g/mol. The molecule has 2 atom stereocenters. The summed E-state index contributed by atoms with van der Waals surface area (Å²) in [6, 6.07) is 18.5. The number of halogens is 1. The van der Waals surface area contributed by atoms with Crippen molar-refractivity contribution in [2.75, 3.05) is 4.90 Å². The van der Waals surface area contributed by atoms with Crippen molar-refractivity contribution in [3.8, 4) is 0 Å². The number of anilines is 1. The Balaban J connectivity index is 1.45. The van der Waals surface area contributed by atoms with Gasteiger partial charge in [0.1, 0.15) is 11.6 Å². The van der Waals surface area contributed by atoms with Gasteiger partial charge in [-0.1, -0.05) is 42.8 Å². The molecule has 9 heteroatoms. The second-order valence-corrected chi connectivity index (χ2v) is 12.6. The summed E-state index contributed by atoms with van der Waals surface area (Å²) in [4.78, 5) is 20.2. The highest BCUT2D eigenvalue weighted by molar-refractivity contribution is 7.89. The van der Waals surface area contributed by atoms with Crippen molar-refractivity contribution >= 4 is 21.6 Å². The SMILES string of the molecule is Cc1ccc(S(=O)(=O)N[C@@H]2CCCc3ccc(N(Cc4nccn4C)C(=O)C[C@H](C)c4ccc(F)cc4)cc32)cc1. The van der Waals surface area contributed by atoms with E-state index < -0.39 is 16.1 Å². The van der Waals surface area contributed by atoms with Gasteiger partial charge in [-0.15, -0.1) is 0 Å². The molecule has 0 bridgehead atoms. The molecule has 5 rings (SSSR count). The van der Waals surface area contributed by atoms with Gasteiger partial charge in [0.05, 0.1) is 11.4 Å². The number of hydrogen-bond donors (Lipinski definition) is 1. The highest BCUT2D eigenvalue weighted by atomic mass is 32.2. The van der Waals surface area contributed by atoms with Crippen LogP contribution in [0.5, 0.6) is 0 Å². The minimum absolute atomic E-state index is 0.0997. The van der Waals surface area contributed by atoms with E-state index in [1.165, 1.54) is 12.1 Å². The van der Waals surface area contributed by atoms with Gasteiger partial charge < -0.3 is 9.47 Å². The van der Waals surface area contributed by atoms with Crippen LogP contribution in [0.15, 0.2) is 84.0 Å². The van der Waals surface area contributed by atoms with Crippen molar-refractivity contribution in [1.29, 1.82) is 0 Å². The van der Waals surface area contributed by atoms with Crippen LogP contribution >= 0.6 is 0 Å². The number of hydrogen-bond acceptors (Lipinski definition) is 4. The van der Waals surface area contributed by atoms with Gasteiger partial charge >= 0.3 is 0 Å². The summed E-state index contributed by atoms with van der Waals surface area (Å²) >= 11 is 0. The normalized spacial score (nSPS) is 15.8. The fourth-order valence-corrected chi connectivity index (χ4v) is 6.59. The van der Waals surface area contributed by atoms with E-state index in [9.17, 15) is 17.6 Å². The average molecular weight is 575 g/mol. The third-order valence-electron chi connectivity index (χ3n) is 7.83. The maximum absolute atomic E-state index is 13.8. The van der Waals surface area contributed by atoms with Crippen LogP contribution in [0, 0.1) is 12.7 Å². The molecule has 0 aliphatic heterocycles. The number of rotatable bonds is 9. The molecule has 0 radical (unpaired) electrons. The van der Waals surface area contributed by atoms with Crippen LogP contribution in [0.4, 0.5) is 10.1 Å². The Labute approximate surface area is 241 Å². The molecule has 1 aromatic heterocycles. The van der Waals surface area contributed by atoms with Crippen molar-refractivity contribution in [3.05, 3.63) is 113 Å². The lowest BCUT2D eigenvalue weighted by atomic mass is 9.87. The van der Waals surface area contributed by atoms with Gasteiger partial charge in [0, 0.05) is 37.6 Å². The van der Waals surface area contributed by atoms with E-state index >= 15 is 0 Å². The number of amides is 1. The third-order valence-corrected chi connectivity index (χ3v) is 9.31. The van der Waals surface area contributed by atoms with Crippen molar-refractivity contribution in [1.82, 2.24) is 14.3 Å². The van der Waals surface area contributed by atoms with Crippen molar-refractivity contribution in [2.24, 2.45) is 7.05 Å². The maximum Gasteiger partial charge on any atom is 0.241 e. The first-order valence-corrected chi connectivity index (χ1v) is 15.3. The predicted octanol–water partition coefficient (Wildman–Crippen LogP) is 5.95. The molecule has 0 saturated heterocycles. The first-order valence-electron chi connectivity index (χ1n) is 13.8. The first kappa shape index (κ1) is 28.7. The number of nitrogens with zero attached hydrogens (tertiary/aromatic N) is 3. The third kappa shape index (κ3) is 6.57. The Morgan fingerprint density at radius 1 is 1.12 bits per heavy atom. The first-order chi connectivity index (χ1) is 19.6. The summed E-state index contributed by atoms with van der Waals surface area (Å²) in [7, 11) is -1.85. The lowest BCUT2D eigenvalue weighted by Gasteiger charge is -2.30. The molecule has 0 spiro atoms. The lowest BCUT2D eigenvalue weighted by molar-refractivity contribution is -0.119. The largest absolute Gasteiger partial charge is 0.337 e. The summed E-state index contributed by atoms with van der Waals surface area (Å²) in [6.07, 6.45) is 6.11. The van der Waals surface area contributed by atoms with Crippen LogP contribution in [0.25, 0.3) is 0 Å². The van der Waals surface area contributed by atoms with E-state index in [-0.39, 0.29) is 35.5 Å². The Bertz CT molecular complexity index is 1630. The van der Waals surface area contributed by atoms with Gasteiger partial charge in [-0.05, 0) is 85.2 Å². The molecule has 3 aromatic carbocycles. The van der Waals surface area contributed by atoms with Crippen molar-refractivity contribution in [2.45, 2.75) is 62.9 Å². The second kappa shape index (κ2) is 12.0. The summed E-state index contributed by atoms with van der Waals surface area (Å²) in [6.45, 7) is 4.13. The van der Waals surface area contributed by atoms with Crippen LogP contribution in [-0.4, -0.2) is 23.9 Å². The molecule has 0 saturated carbocycles. The summed E-state index contributed by atoms with van der Waals surface area (Å²) < 4.78 is 44.8. The second-order valence-electron chi connectivity index (χ2n) is 10.9. The number of fused-ring (bicyclic) bond motifs is 1. The molecule has 1 aliphatic rings. The van der Waals surface area contributed by atoms with E-state index in [1.807, 2.05) is 49.9 Å². The van der Waals surface area contributed by atoms with Crippen LogP contribution < -0.4 is 9.62 Å². The summed E-state index contributed by atoms with van der Waals surface area (Å²) in [5, 5.41) is 0. The van der Waals surface area contributed by atoms with E-state index in [2.05, 4.69) is 9.71 Å². The van der Waals surface area contributed by atoms with Gasteiger partial charge in [-0.2, -0.15) is 0 Å². The van der Waals surface area contributed by atoms with Crippen LogP contribution in [0.1, 0.15) is 66.2 Å². The quantitative estimate of drug-likeness (QED) is 0.268. The molecule has 1 amide bonds. The number of imidazole rings is 1. The molecular formula is C32H35FN4O3S. The van der Waals surface area contributed by atoms with E-state index in [4.69, 9.17) is 0 Å². The van der Waals surface area contributed by atoms with Gasteiger partial charge in [0.2, 0.25) is 15.9 Å². The fraction of sp³-hybridized carbons (Fsp3) is 0.312. The maximum atomic E-state index is 13.8. The summed E-state index contributed by atoms with van der Waals surface area (Å²) in [5.74, 6) is 0.184. The summed E-state index contributed by atoms with van der Waals surface area (Å²) in [5.41, 5.74) is 4.51. The minimum Gasteiger partial charge on any atom is -0.337 e. The predicted molar refractivity (Wildman–Crippen MR) is 157 cm³/mol. The molecule has 1 aliphatic carbocycles. The Morgan fingerprint density at radius 2 is 1.85 bits per heavy atom. The van der Waals surface area contributed by atoms with E-state index in [1.54, 1.807) is 47.5 Å². The van der Waals surface area contributed by atoms with E-state index in [0.717, 1.165) is 40.9 Å². The zero-order chi connectivity index (χ0) is 29.1. The fourth-order valence-electron chi connectivity index (χ4n) is 5.34. The lowest BCUT2D eigenvalue weighted by Crippen LogP contribution is -2.34. The molecule has 1 N–H and O–H groups in total. The van der Waals surface area contributed by atoms with Crippen LogP contribution in [0.2, 0.25) is 0 Å². The topological polar surface area (TPSA) is 84.3 Å². The minimum atomic E-state index is -3.74.